The van der Waals surface area contributed by atoms with E-state index in [1.54, 1.807) is 0 Å². The zero-order valence-corrected chi connectivity index (χ0v) is 8.33. The van der Waals surface area contributed by atoms with Crippen molar-refractivity contribution in [2.24, 2.45) is 0 Å². The Morgan fingerprint density at radius 3 is 2.47 bits per heavy atom. The molecular formula is C9H7F4NO3. The van der Waals surface area contributed by atoms with Gasteiger partial charge in [-0.05, 0) is 0 Å². The van der Waals surface area contributed by atoms with Crippen LogP contribution in [0.25, 0.3) is 0 Å². The molecule has 1 rings (SSSR count). The van der Waals surface area contributed by atoms with Gasteiger partial charge in [-0.3, -0.25) is 10.1 Å². The first-order valence-corrected chi connectivity index (χ1v) is 4.42. The maximum atomic E-state index is 12.8. The monoisotopic (exact) mass is 253 g/mol. The highest BCUT2D eigenvalue weighted by atomic mass is 19.4. The average Bonchev–Trinajstić information content (AvgIpc) is 2.14. The fraction of sp³-hybridized carbons (Fsp3) is 0.333. The zero-order chi connectivity index (χ0) is 13.1. The standard InChI is InChI=1S/C9H7F4NO3/c10-6-3-7(14(15)16)5-8(4-6)17-2-1-9(11,12)13/h3-5H,1-2H2. The molecule has 0 fully saturated rings. The number of nitro benzene ring substituents is 1. The van der Waals surface area contributed by atoms with E-state index >= 15 is 0 Å². The van der Waals surface area contributed by atoms with Gasteiger partial charge in [-0.1, -0.05) is 0 Å². The number of ether oxygens (including phenoxy) is 1. The first kappa shape index (κ1) is 13.2. The summed E-state index contributed by atoms with van der Waals surface area (Å²) in [6.45, 7) is -0.718. The molecule has 0 amide bonds. The lowest BCUT2D eigenvalue weighted by molar-refractivity contribution is -0.385. The van der Waals surface area contributed by atoms with E-state index in [1.165, 1.54) is 0 Å². The first-order chi connectivity index (χ1) is 7.78. The summed E-state index contributed by atoms with van der Waals surface area (Å²) in [6.07, 6.45) is -5.60. The highest BCUT2D eigenvalue weighted by Crippen LogP contribution is 2.24. The van der Waals surface area contributed by atoms with E-state index in [0.717, 1.165) is 12.1 Å². The van der Waals surface area contributed by atoms with E-state index in [2.05, 4.69) is 4.74 Å². The van der Waals surface area contributed by atoms with Gasteiger partial charge in [0.1, 0.15) is 11.6 Å². The molecule has 0 saturated heterocycles. The molecule has 94 valence electrons. The van der Waals surface area contributed by atoms with Crippen molar-refractivity contribution >= 4 is 5.69 Å². The predicted molar refractivity (Wildman–Crippen MR) is 49.2 cm³/mol. The minimum absolute atomic E-state index is 0.305. The Labute approximate surface area is 93.0 Å². The van der Waals surface area contributed by atoms with Crippen LogP contribution >= 0.6 is 0 Å². The van der Waals surface area contributed by atoms with Gasteiger partial charge < -0.3 is 4.74 Å². The second-order valence-corrected chi connectivity index (χ2v) is 3.12. The zero-order valence-electron chi connectivity index (χ0n) is 8.33. The van der Waals surface area contributed by atoms with Gasteiger partial charge in [0.25, 0.3) is 5.69 Å². The molecule has 4 nitrogen and oxygen atoms in total. The molecule has 0 bridgehead atoms. The summed E-state index contributed by atoms with van der Waals surface area (Å²) in [6, 6.07) is 2.29. The van der Waals surface area contributed by atoms with Crippen LogP contribution in [0.15, 0.2) is 18.2 Å². The van der Waals surface area contributed by atoms with Gasteiger partial charge in [-0.15, -0.1) is 0 Å². The fourth-order valence-corrected chi connectivity index (χ4v) is 1.02. The highest BCUT2D eigenvalue weighted by Gasteiger charge is 2.27. The number of alkyl halides is 3. The molecule has 1 aromatic rings. The number of hydrogen-bond donors (Lipinski definition) is 0. The Bertz CT molecular complexity index is 419. The average molecular weight is 253 g/mol. The van der Waals surface area contributed by atoms with Crippen LogP contribution in [0, 0.1) is 15.9 Å². The molecule has 0 unspecified atom stereocenters. The summed E-state index contributed by atoms with van der Waals surface area (Å²) in [5, 5.41) is 10.3. The van der Waals surface area contributed by atoms with Gasteiger partial charge >= 0.3 is 6.18 Å². The summed E-state index contributed by atoms with van der Waals surface area (Å²) >= 11 is 0. The van der Waals surface area contributed by atoms with E-state index in [0.29, 0.717) is 6.07 Å². The highest BCUT2D eigenvalue weighted by molar-refractivity contribution is 5.38. The molecule has 0 saturated carbocycles. The summed E-state index contributed by atoms with van der Waals surface area (Å²) in [5.74, 6) is -1.25. The minimum atomic E-state index is -4.39. The summed E-state index contributed by atoms with van der Waals surface area (Å²) in [4.78, 5) is 9.48. The van der Waals surface area contributed by atoms with Crippen LogP contribution < -0.4 is 4.74 Å². The summed E-state index contributed by atoms with van der Waals surface area (Å²) < 4.78 is 52.8. The molecular weight excluding hydrogens is 246 g/mol. The molecule has 8 heteroatoms. The number of halogens is 4. The van der Waals surface area contributed by atoms with Gasteiger partial charge in [0.05, 0.1) is 30.1 Å². The third kappa shape index (κ3) is 4.66. The third-order valence-electron chi connectivity index (χ3n) is 1.72. The van der Waals surface area contributed by atoms with Crippen molar-refractivity contribution in [1.29, 1.82) is 0 Å². The van der Waals surface area contributed by atoms with Gasteiger partial charge in [0, 0.05) is 6.07 Å². The van der Waals surface area contributed by atoms with E-state index < -0.39 is 35.6 Å². The Morgan fingerprint density at radius 2 is 1.94 bits per heavy atom. The molecule has 0 atom stereocenters. The number of hydrogen-bond acceptors (Lipinski definition) is 3. The van der Waals surface area contributed by atoms with Crippen LogP contribution in [0.5, 0.6) is 5.75 Å². The van der Waals surface area contributed by atoms with Crippen molar-refractivity contribution < 1.29 is 27.2 Å². The maximum Gasteiger partial charge on any atom is 0.392 e. The number of non-ortho nitro benzene ring substituents is 1. The minimum Gasteiger partial charge on any atom is -0.493 e. The number of nitrogens with zero attached hydrogens (tertiary/aromatic N) is 1. The Hall–Kier alpha value is -1.86. The van der Waals surface area contributed by atoms with E-state index in [4.69, 9.17) is 0 Å². The van der Waals surface area contributed by atoms with Crippen molar-refractivity contribution in [3.05, 3.63) is 34.1 Å². The molecule has 0 aromatic heterocycles. The van der Waals surface area contributed by atoms with Gasteiger partial charge in [-0.2, -0.15) is 13.2 Å². The van der Waals surface area contributed by atoms with Crippen LogP contribution in [0.4, 0.5) is 23.2 Å². The molecule has 0 radical (unpaired) electrons. The smallest absolute Gasteiger partial charge is 0.392 e. The van der Waals surface area contributed by atoms with Crippen molar-refractivity contribution in [1.82, 2.24) is 0 Å². The topological polar surface area (TPSA) is 52.4 Å². The van der Waals surface area contributed by atoms with Gasteiger partial charge in [0.15, 0.2) is 0 Å². The van der Waals surface area contributed by atoms with Crippen LogP contribution in [0.2, 0.25) is 0 Å². The lowest BCUT2D eigenvalue weighted by Gasteiger charge is -2.08. The summed E-state index contributed by atoms with van der Waals surface area (Å²) in [7, 11) is 0. The number of benzene rings is 1. The van der Waals surface area contributed by atoms with Crippen molar-refractivity contribution in [3.63, 3.8) is 0 Å². The third-order valence-corrected chi connectivity index (χ3v) is 1.72. The van der Waals surface area contributed by atoms with Crippen LogP contribution in [0.3, 0.4) is 0 Å². The summed E-state index contributed by atoms with van der Waals surface area (Å²) in [5.41, 5.74) is -0.577. The Morgan fingerprint density at radius 1 is 1.29 bits per heavy atom. The Balaban J connectivity index is 2.68. The molecule has 1 aromatic carbocycles. The van der Waals surface area contributed by atoms with Crippen LogP contribution in [-0.2, 0) is 0 Å². The maximum absolute atomic E-state index is 12.8. The molecule has 17 heavy (non-hydrogen) atoms. The van der Waals surface area contributed by atoms with Crippen LogP contribution in [-0.4, -0.2) is 17.7 Å². The lowest BCUT2D eigenvalue weighted by atomic mass is 10.3. The second-order valence-electron chi connectivity index (χ2n) is 3.12. The Kier molecular flexibility index (Phi) is 3.87. The van der Waals surface area contributed by atoms with Crippen molar-refractivity contribution in [2.75, 3.05) is 6.61 Å². The number of nitro groups is 1. The van der Waals surface area contributed by atoms with E-state index in [9.17, 15) is 27.7 Å². The van der Waals surface area contributed by atoms with Crippen LogP contribution in [0.1, 0.15) is 6.42 Å². The quantitative estimate of drug-likeness (QED) is 0.470. The largest absolute Gasteiger partial charge is 0.493 e. The molecule has 0 aliphatic carbocycles. The molecule has 0 aliphatic heterocycles. The second kappa shape index (κ2) is 4.98. The van der Waals surface area contributed by atoms with Gasteiger partial charge in [-0.25, -0.2) is 4.39 Å². The molecule has 0 heterocycles. The molecule has 0 aliphatic rings. The number of rotatable bonds is 4. The predicted octanol–water partition coefficient (Wildman–Crippen LogP) is 3.07. The SMILES string of the molecule is O=[N+]([O-])c1cc(F)cc(OCCC(F)(F)F)c1. The molecule has 0 N–H and O–H groups in total. The molecule has 0 spiro atoms. The first-order valence-electron chi connectivity index (χ1n) is 4.42. The van der Waals surface area contributed by atoms with E-state index in [1.807, 2.05) is 0 Å². The fourth-order valence-electron chi connectivity index (χ4n) is 1.02. The lowest BCUT2D eigenvalue weighted by Crippen LogP contribution is -2.13. The van der Waals surface area contributed by atoms with Crippen molar-refractivity contribution in [3.8, 4) is 5.75 Å². The van der Waals surface area contributed by atoms with Gasteiger partial charge in [0.2, 0.25) is 0 Å². The van der Waals surface area contributed by atoms with Crippen molar-refractivity contribution in [2.45, 2.75) is 12.6 Å². The van der Waals surface area contributed by atoms with E-state index in [-0.39, 0.29) is 5.75 Å². The normalized spacial score (nSPS) is 11.3.